The Morgan fingerprint density at radius 2 is 2.05 bits per heavy atom. The van der Waals surface area contributed by atoms with Gasteiger partial charge in [0.25, 0.3) is 0 Å². The second kappa shape index (κ2) is 5.50. The number of nitrogens with two attached hydrogens (primary N) is 1. The molecule has 0 spiro atoms. The van der Waals surface area contributed by atoms with Crippen molar-refractivity contribution in [2.45, 2.75) is 45.1 Å². The summed E-state index contributed by atoms with van der Waals surface area (Å²) in [6.07, 6.45) is 4.44. The van der Waals surface area contributed by atoms with Crippen LogP contribution >= 0.6 is 11.3 Å². The Labute approximate surface area is 129 Å². The molecule has 21 heavy (non-hydrogen) atoms. The topological polar surface area (TPSA) is 38.9 Å². The molecule has 1 fully saturated rings. The van der Waals surface area contributed by atoms with E-state index in [1.807, 2.05) is 0 Å². The molecule has 4 heteroatoms. The molecule has 2 unspecified atom stereocenters. The lowest BCUT2D eigenvalue weighted by Crippen LogP contribution is -2.40. The van der Waals surface area contributed by atoms with E-state index in [2.05, 4.69) is 13.8 Å². The van der Waals surface area contributed by atoms with Crippen molar-refractivity contribution in [1.29, 1.82) is 0 Å². The molecule has 3 rings (SSSR count). The first kappa shape index (κ1) is 14.7. The van der Waals surface area contributed by atoms with Crippen LogP contribution in [0.4, 0.5) is 4.39 Å². The minimum atomic E-state index is -0.286. The van der Waals surface area contributed by atoms with Crippen LogP contribution in [-0.2, 0) is 5.54 Å². The summed E-state index contributed by atoms with van der Waals surface area (Å²) in [5, 5.41) is 1.03. The highest BCUT2D eigenvalue weighted by atomic mass is 32.1. The Morgan fingerprint density at radius 1 is 1.33 bits per heavy atom. The molecule has 0 radical (unpaired) electrons. The number of hydrogen-bond acceptors (Lipinski definition) is 3. The van der Waals surface area contributed by atoms with Gasteiger partial charge in [-0.15, -0.1) is 11.3 Å². The standard InChI is InChI=1S/C17H21FN2S/c1-11-4-3-9-17(19,10-11)16-20-15(12(2)21-16)13-5-7-14(18)8-6-13/h5-8,11H,3-4,9-10,19H2,1-2H3. The SMILES string of the molecule is Cc1sc(C2(N)CCCC(C)C2)nc1-c1ccc(F)cc1. The van der Waals surface area contributed by atoms with Crippen molar-refractivity contribution >= 4 is 11.3 Å². The van der Waals surface area contributed by atoms with Crippen molar-refractivity contribution in [2.75, 3.05) is 0 Å². The quantitative estimate of drug-likeness (QED) is 0.879. The van der Waals surface area contributed by atoms with Crippen LogP contribution in [0.1, 0.15) is 42.5 Å². The first-order chi connectivity index (χ1) is 9.98. The molecule has 1 saturated carbocycles. The molecule has 1 aliphatic carbocycles. The zero-order valence-corrected chi connectivity index (χ0v) is 13.3. The Hall–Kier alpha value is -1.26. The fourth-order valence-corrected chi connectivity index (χ4v) is 4.35. The Bertz CT molecular complexity index is 635. The van der Waals surface area contributed by atoms with Gasteiger partial charge in [0.15, 0.2) is 0 Å². The van der Waals surface area contributed by atoms with Crippen LogP contribution in [0.25, 0.3) is 11.3 Å². The van der Waals surface area contributed by atoms with Crippen molar-refractivity contribution < 1.29 is 4.39 Å². The molecule has 2 N–H and O–H groups in total. The van der Waals surface area contributed by atoms with E-state index >= 15 is 0 Å². The van der Waals surface area contributed by atoms with Crippen LogP contribution in [0.15, 0.2) is 24.3 Å². The van der Waals surface area contributed by atoms with E-state index in [9.17, 15) is 4.39 Å². The van der Waals surface area contributed by atoms with Gasteiger partial charge >= 0.3 is 0 Å². The summed E-state index contributed by atoms with van der Waals surface area (Å²) in [4.78, 5) is 5.96. The molecule has 1 heterocycles. The highest BCUT2D eigenvalue weighted by Crippen LogP contribution is 2.41. The molecule has 2 aromatic rings. The summed E-state index contributed by atoms with van der Waals surface area (Å²) in [5.74, 6) is 0.436. The molecule has 2 nitrogen and oxygen atoms in total. The van der Waals surface area contributed by atoms with Crippen molar-refractivity contribution in [1.82, 2.24) is 4.98 Å². The van der Waals surface area contributed by atoms with Gasteiger partial charge in [0, 0.05) is 10.4 Å². The number of aromatic nitrogens is 1. The monoisotopic (exact) mass is 304 g/mol. The van der Waals surface area contributed by atoms with Gasteiger partial charge in [0.2, 0.25) is 0 Å². The minimum absolute atomic E-state index is 0.219. The van der Waals surface area contributed by atoms with Gasteiger partial charge in [-0.1, -0.05) is 19.8 Å². The number of halogens is 1. The number of rotatable bonds is 2. The second-order valence-corrected chi connectivity index (χ2v) is 7.49. The Kier molecular flexibility index (Phi) is 3.84. The van der Waals surface area contributed by atoms with Gasteiger partial charge in [-0.2, -0.15) is 0 Å². The lowest BCUT2D eigenvalue weighted by Gasteiger charge is -2.35. The van der Waals surface area contributed by atoms with Gasteiger partial charge in [0.1, 0.15) is 10.8 Å². The molecule has 0 aliphatic heterocycles. The predicted molar refractivity (Wildman–Crippen MR) is 85.7 cm³/mol. The zero-order valence-electron chi connectivity index (χ0n) is 12.5. The molecule has 0 bridgehead atoms. The molecular weight excluding hydrogens is 283 g/mol. The molecule has 0 amide bonds. The van der Waals surface area contributed by atoms with Crippen LogP contribution in [-0.4, -0.2) is 4.98 Å². The van der Waals surface area contributed by atoms with Crippen LogP contribution < -0.4 is 5.73 Å². The molecule has 112 valence electrons. The van der Waals surface area contributed by atoms with Crippen molar-refractivity contribution in [3.63, 3.8) is 0 Å². The lowest BCUT2D eigenvalue weighted by atomic mass is 9.77. The van der Waals surface area contributed by atoms with Gasteiger partial charge in [-0.05, 0) is 49.9 Å². The average molecular weight is 304 g/mol. The van der Waals surface area contributed by atoms with E-state index < -0.39 is 0 Å². The molecule has 0 saturated heterocycles. The summed E-state index contributed by atoms with van der Waals surface area (Å²) >= 11 is 1.69. The molecule has 1 aromatic carbocycles. The van der Waals surface area contributed by atoms with Gasteiger partial charge in [-0.3, -0.25) is 0 Å². The highest BCUT2D eigenvalue weighted by Gasteiger charge is 2.35. The van der Waals surface area contributed by atoms with Gasteiger partial charge in [0.05, 0.1) is 11.2 Å². The number of nitrogens with zero attached hydrogens (tertiary/aromatic N) is 1. The third-order valence-corrected chi connectivity index (χ3v) is 5.56. The number of hydrogen-bond donors (Lipinski definition) is 1. The van der Waals surface area contributed by atoms with Crippen LogP contribution in [0.2, 0.25) is 0 Å². The number of benzene rings is 1. The van der Waals surface area contributed by atoms with Crippen LogP contribution in [0, 0.1) is 18.7 Å². The average Bonchev–Trinajstić information content (AvgIpc) is 2.82. The zero-order chi connectivity index (χ0) is 15.0. The smallest absolute Gasteiger partial charge is 0.123 e. The first-order valence-corrected chi connectivity index (χ1v) is 8.32. The van der Waals surface area contributed by atoms with Crippen molar-refractivity contribution in [3.05, 3.63) is 40.0 Å². The normalized spacial score (nSPS) is 26.0. The maximum Gasteiger partial charge on any atom is 0.123 e. The molecule has 1 aromatic heterocycles. The predicted octanol–water partition coefficient (Wildman–Crippen LogP) is 4.62. The number of aryl methyl sites for hydroxylation is 1. The maximum absolute atomic E-state index is 13.1. The van der Waals surface area contributed by atoms with Gasteiger partial charge < -0.3 is 5.73 Å². The minimum Gasteiger partial charge on any atom is -0.319 e. The van der Waals surface area contributed by atoms with E-state index in [-0.39, 0.29) is 11.4 Å². The summed E-state index contributed by atoms with van der Waals surface area (Å²) in [5.41, 5.74) is 8.26. The lowest BCUT2D eigenvalue weighted by molar-refractivity contribution is 0.238. The molecular formula is C17H21FN2S. The van der Waals surface area contributed by atoms with Crippen molar-refractivity contribution in [3.8, 4) is 11.3 Å². The van der Waals surface area contributed by atoms with Crippen LogP contribution in [0.5, 0.6) is 0 Å². The summed E-state index contributed by atoms with van der Waals surface area (Å²) in [6, 6.07) is 6.53. The van der Waals surface area contributed by atoms with E-state index in [1.165, 1.54) is 25.0 Å². The molecule has 1 aliphatic rings. The highest BCUT2D eigenvalue weighted by molar-refractivity contribution is 7.12. The molecule has 2 atom stereocenters. The van der Waals surface area contributed by atoms with E-state index in [1.54, 1.807) is 23.5 Å². The fourth-order valence-electron chi connectivity index (χ4n) is 3.27. The second-order valence-electron chi connectivity index (χ2n) is 6.29. The maximum atomic E-state index is 13.1. The van der Waals surface area contributed by atoms with E-state index in [4.69, 9.17) is 10.7 Å². The summed E-state index contributed by atoms with van der Waals surface area (Å²) in [6.45, 7) is 4.33. The van der Waals surface area contributed by atoms with E-state index in [0.29, 0.717) is 5.92 Å². The van der Waals surface area contributed by atoms with E-state index in [0.717, 1.165) is 34.0 Å². The fraction of sp³-hybridized carbons (Fsp3) is 0.471. The largest absolute Gasteiger partial charge is 0.319 e. The van der Waals surface area contributed by atoms with Gasteiger partial charge in [-0.25, -0.2) is 9.37 Å². The third-order valence-electron chi connectivity index (χ3n) is 4.37. The number of thiazole rings is 1. The Balaban J connectivity index is 1.95. The first-order valence-electron chi connectivity index (χ1n) is 7.51. The summed E-state index contributed by atoms with van der Waals surface area (Å²) in [7, 11) is 0. The van der Waals surface area contributed by atoms with Crippen LogP contribution in [0.3, 0.4) is 0 Å². The van der Waals surface area contributed by atoms with Crippen molar-refractivity contribution in [2.24, 2.45) is 11.7 Å². The third kappa shape index (κ3) is 2.87. The Morgan fingerprint density at radius 3 is 2.71 bits per heavy atom. The summed E-state index contributed by atoms with van der Waals surface area (Å²) < 4.78 is 13.1.